The van der Waals surface area contributed by atoms with Crippen LogP contribution in [0.4, 0.5) is 0 Å². The monoisotopic (exact) mass is 212 g/mol. The topological polar surface area (TPSA) is 6.48 Å². The second kappa shape index (κ2) is 7.24. The zero-order chi connectivity index (χ0) is 11.1. The Kier molecular flexibility index (Phi) is 6.26. The van der Waals surface area contributed by atoms with Gasteiger partial charge in [0.25, 0.3) is 0 Å². The lowest BCUT2D eigenvalue weighted by Gasteiger charge is -2.38. The first-order chi connectivity index (χ1) is 7.30. The second-order valence-electron chi connectivity index (χ2n) is 4.69. The van der Waals surface area contributed by atoms with Crippen LogP contribution in [0, 0.1) is 5.92 Å². The Morgan fingerprint density at radius 1 is 0.867 bits per heavy atom. The minimum atomic E-state index is 1.11. The summed E-state index contributed by atoms with van der Waals surface area (Å²) in [7, 11) is 0. The quantitative estimate of drug-likeness (QED) is 0.709. The molecule has 3 saturated heterocycles. The van der Waals surface area contributed by atoms with Crippen LogP contribution in [-0.4, -0.2) is 49.1 Å². The van der Waals surface area contributed by atoms with Crippen molar-refractivity contribution >= 4 is 0 Å². The molecule has 0 amide bonds. The van der Waals surface area contributed by atoms with E-state index in [0.717, 1.165) is 5.92 Å². The van der Waals surface area contributed by atoms with Crippen LogP contribution in [0.15, 0.2) is 0 Å². The largest absolute Gasteiger partial charge is 0.304 e. The fraction of sp³-hybridized carbons (Fsp3) is 1.00. The summed E-state index contributed by atoms with van der Waals surface area (Å²) in [5.74, 6) is 1.11. The fourth-order valence-corrected chi connectivity index (χ4v) is 2.53. The summed E-state index contributed by atoms with van der Waals surface area (Å²) in [4.78, 5) is 4.96. The van der Waals surface area contributed by atoms with E-state index in [2.05, 4.69) is 30.6 Å². The van der Waals surface area contributed by atoms with Crippen molar-refractivity contribution in [3.63, 3.8) is 0 Å². The summed E-state index contributed by atoms with van der Waals surface area (Å²) in [6.07, 6.45) is 4.46. The van der Waals surface area contributed by atoms with Gasteiger partial charge in [-0.05, 0) is 64.4 Å². The number of nitrogens with zero attached hydrogens (tertiary/aromatic N) is 2. The molecule has 0 atom stereocenters. The van der Waals surface area contributed by atoms with Crippen molar-refractivity contribution in [3.8, 4) is 0 Å². The maximum Gasteiger partial charge on any atom is -0.00161 e. The Hall–Kier alpha value is -0.0800. The van der Waals surface area contributed by atoms with Crippen LogP contribution in [-0.2, 0) is 0 Å². The Morgan fingerprint density at radius 2 is 1.27 bits per heavy atom. The first-order valence-electron chi connectivity index (χ1n) is 6.74. The fourth-order valence-electron chi connectivity index (χ4n) is 2.53. The van der Waals surface area contributed by atoms with Gasteiger partial charge in [0.05, 0.1) is 0 Å². The molecule has 3 heterocycles. The molecule has 3 rings (SSSR count). The average molecular weight is 212 g/mol. The van der Waals surface area contributed by atoms with Gasteiger partial charge in [-0.1, -0.05) is 20.8 Å². The van der Waals surface area contributed by atoms with Crippen LogP contribution >= 0.6 is 0 Å². The summed E-state index contributed by atoms with van der Waals surface area (Å²) in [5, 5.41) is 0. The third-order valence-electron chi connectivity index (χ3n) is 3.90. The number of hydrogen-bond donors (Lipinski definition) is 0. The average Bonchev–Trinajstić information content (AvgIpc) is 2.35. The van der Waals surface area contributed by atoms with Gasteiger partial charge < -0.3 is 9.80 Å². The first-order valence-corrected chi connectivity index (χ1v) is 6.74. The molecule has 0 N–H and O–H groups in total. The smallest absolute Gasteiger partial charge is 0.00161 e. The molecule has 2 nitrogen and oxygen atoms in total. The second-order valence-corrected chi connectivity index (χ2v) is 4.69. The molecule has 0 aromatic rings. The predicted molar refractivity (Wildman–Crippen MR) is 67.2 cm³/mol. The van der Waals surface area contributed by atoms with Crippen molar-refractivity contribution in [1.29, 1.82) is 0 Å². The lowest BCUT2D eigenvalue weighted by Crippen LogP contribution is -2.41. The molecule has 0 aromatic heterocycles. The van der Waals surface area contributed by atoms with Crippen LogP contribution in [0.1, 0.15) is 40.0 Å². The van der Waals surface area contributed by atoms with Crippen molar-refractivity contribution < 1.29 is 0 Å². The standard InChI is InChI=1S/C7H13N.C6H15N/c1-4-8-5-2-7(1)3-6-8;1-4-7(5-2)6-3/h7H,1-6H2;4-6H2,1-3H3. The maximum absolute atomic E-state index is 2.58. The SMILES string of the molecule is C1CN2CCC1CC2.CCN(CC)CC. The van der Waals surface area contributed by atoms with Crippen LogP contribution in [0.5, 0.6) is 0 Å². The van der Waals surface area contributed by atoms with Crippen molar-refractivity contribution in [2.24, 2.45) is 5.92 Å². The molecular weight excluding hydrogens is 184 g/mol. The van der Waals surface area contributed by atoms with Crippen LogP contribution in [0.2, 0.25) is 0 Å². The molecular formula is C13H28N2. The van der Waals surface area contributed by atoms with Crippen molar-refractivity contribution in [1.82, 2.24) is 9.80 Å². The zero-order valence-electron chi connectivity index (χ0n) is 10.8. The molecule has 3 fully saturated rings. The highest BCUT2D eigenvalue weighted by Crippen LogP contribution is 2.26. The van der Waals surface area contributed by atoms with Crippen molar-refractivity contribution in [3.05, 3.63) is 0 Å². The van der Waals surface area contributed by atoms with Crippen molar-refractivity contribution in [2.75, 3.05) is 39.3 Å². The Balaban J connectivity index is 0.000000153. The first kappa shape index (κ1) is 13.0. The number of piperidine rings is 3. The van der Waals surface area contributed by atoms with Crippen molar-refractivity contribution in [2.45, 2.75) is 40.0 Å². The summed E-state index contributed by atoms with van der Waals surface area (Å²) in [5.41, 5.74) is 0. The van der Waals surface area contributed by atoms with E-state index >= 15 is 0 Å². The third kappa shape index (κ3) is 4.52. The van der Waals surface area contributed by atoms with E-state index in [1.807, 2.05) is 0 Å². The molecule has 15 heavy (non-hydrogen) atoms. The van der Waals surface area contributed by atoms with Gasteiger partial charge in [-0.15, -0.1) is 0 Å². The van der Waals surface area contributed by atoms with E-state index in [-0.39, 0.29) is 0 Å². The van der Waals surface area contributed by atoms with Crippen LogP contribution in [0.25, 0.3) is 0 Å². The molecule has 0 spiro atoms. The summed E-state index contributed by atoms with van der Waals surface area (Å²) >= 11 is 0. The lowest BCUT2D eigenvalue weighted by atomic mass is 9.89. The minimum absolute atomic E-state index is 1.11. The van der Waals surface area contributed by atoms with E-state index < -0.39 is 0 Å². The molecule has 0 aromatic carbocycles. The molecule has 0 radical (unpaired) electrons. The van der Waals surface area contributed by atoms with Gasteiger partial charge in [-0.2, -0.15) is 0 Å². The zero-order valence-corrected chi connectivity index (χ0v) is 10.8. The predicted octanol–water partition coefficient (Wildman–Crippen LogP) is 2.45. The maximum atomic E-state index is 2.58. The van der Waals surface area contributed by atoms with E-state index in [9.17, 15) is 0 Å². The molecule has 0 aliphatic carbocycles. The van der Waals surface area contributed by atoms with Gasteiger partial charge in [0, 0.05) is 0 Å². The molecule has 2 heteroatoms. The van der Waals surface area contributed by atoms with Gasteiger partial charge in [0.1, 0.15) is 0 Å². The number of fused-ring (bicyclic) bond motifs is 3. The van der Waals surface area contributed by atoms with Crippen LogP contribution in [0.3, 0.4) is 0 Å². The molecule has 0 unspecified atom stereocenters. The molecule has 90 valence electrons. The summed E-state index contributed by atoms with van der Waals surface area (Å²) in [6.45, 7) is 14.3. The Morgan fingerprint density at radius 3 is 1.33 bits per heavy atom. The van der Waals surface area contributed by atoms with Crippen LogP contribution < -0.4 is 0 Å². The highest BCUT2D eigenvalue weighted by molar-refractivity contribution is 4.78. The number of rotatable bonds is 3. The van der Waals surface area contributed by atoms with E-state index in [1.54, 1.807) is 0 Å². The minimum Gasteiger partial charge on any atom is -0.304 e. The van der Waals surface area contributed by atoms with E-state index in [1.165, 1.54) is 58.5 Å². The molecule has 2 bridgehead atoms. The summed E-state index contributed by atoms with van der Waals surface area (Å²) < 4.78 is 0. The lowest BCUT2D eigenvalue weighted by molar-refractivity contribution is 0.111. The Labute approximate surface area is 95.6 Å². The highest BCUT2D eigenvalue weighted by Gasteiger charge is 2.24. The molecule has 3 aliphatic rings. The van der Waals surface area contributed by atoms with Gasteiger partial charge in [0.15, 0.2) is 0 Å². The third-order valence-corrected chi connectivity index (χ3v) is 3.90. The van der Waals surface area contributed by atoms with E-state index in [0.29, 0.717) is 0 Å². The molecule has 3 aliphatic heterocycles. The van der Waals surface area contributed by atoms with Gasteiger partial charge in [0.2, 0.25) is 0 Å². The highest BCUT2D eigenvalue weighted by atomic mass is 15.1. The normalized spacial score (nSPS) is 28.8. The number of hydrogen-bond acceptors (Lipinski definition) is 2. The molecule has 0 saturated carbocycles. The van der Waals surface area contributed by atoms with Gasteiger partial charge >= 0.3 is 0 Å². The van der Waals surface area contributed by atoms with Gasteiger partial charge in [-0.3, -0.25) is 0 Å². The van der Waals surface area contributed by atoms with Gasteiger partial charge in [-0.25, -0.2) is 0 Å². The Bertz CT molecular complexity index is 118. The summed E-state index contributed by atoms with van der Waals surface area (Å²) in [6, 6.07) is 0. The van der Waals surface area contributed by atoms with E-state index in [4.69, 9.17) is 0 Å².